The predicted octanol–water partition coefficient (Wildman–Crippen LogP) is 13.3. The van der Waals surface area contributed by atoms with Crippen LogP contribution in [-0.4, -0.2) is 19.9 Å². The van der Waals surface area contributed by atoms with Crippen molar-refractivity contribution in [3.8, 4) is 22.8 Å². The van der Waals surface area contributed by atoms with Crippen LogP contribution in [0.4, 0.5) is 0 Å². The summed E-state index contributed by atoms with van der Waals surface area (Å²) in [5.74, 6) is 4.32. The van der Waals surface area contributed by atoms with Gasteiger partial charge in [0.1, 0.15) is 0 Å². The SMILES string of the molecule is CCCCCc1cnc(-c2ccc(C(OC(c3ccc(-c4ncc(CCCCC)cn4)cc3)[C@H]3CC[C@H](CC)CC3)[C@H]3CC[C@H](CC)CC3)cc2)nc1. The van der Waals surface area contributed by atoms with Crippen LogP contribution in [0.2, 0.25) is 0 Å². The first-order chi connectivity index (χ1) is 26.1. The number of aromatic nitrogens is 4. The monoisotopic (exact) mass is 715 g/mol. The Labute approximate surface area is 321 Å². The van der Waals surface area contributed by atoms with Gasteiger partial charge in [-0.2, -0.15) is 0 Å². The number of hydrogen-bond donors (Lipinski definition) is 0. The Bertz CT molecular complexity index is 1480. The van der Waals surface area contributed by atoms with Gasteiger partial charge in [0.15, 0.2) is 11.6 Å². The van der Waals surface area contributed by atoms with Crippen molar-refractivity contribution in [2.24, 2.45) is 23.7 Å². The maximum atomic E-state index is 7.59. The third-order valence-corrected chi connectivity index (χ3v) is 12.6. The number of benzene rings is 2. The number of rotatable bonds is 18. The molecule has 0 aliphatic heterocycles. The van der Waals surface area contributed by atoms with E-state index in [1.54, 1.807) is 0 Å². The zero-order chi connectivity index (χ0) is 36.8. The molecule has 2 aromatic carbocycles. The van der Waals surface area contributed by atoms with Crippen molar-refractivity contribution >= 4 is 0 Å². The molecule has 0 saturated heterocycles. The Morgan fingerprint density at radius 3 is 1.17 bits per heavy atom. The minimum absolute atomic E-state index is 0.0564. The summed E-state index contributed by atoms with van der Waals surface area (Å²) in [4.78, 5) is 19.1. The van der Waals surface area contributed by atoms with Crippen LogP contribution in [0.5, 0.6) is 0 Å². The molecule has 284 valence electrons. The van der Waals surface area contributed by atoms with Crippen LogP contribution in [-0.2, 0) is 17.6 Å². The van der Waals surface area contributed by atoms with Crippen LogP contribution in [0.1, 0.15) is 165 Å². The van der Waals surface area contributed by atoms with E-state index < -0.39 is 0 Å². The average Bonchev–Trinajstić information content (AvgIpc) is 3.22. The van der Waals surface area contributed by atoms with Crippen molar-refractivity contribution in [3.63, 3.8) is 0 Å². The molecule has 2 heterocycles. The van der Waals surface area contributed by atoms with Crippen LogP contribution in [0.3, 0.4) is 0 Å². The van der Waals surface area contributed by atoms with Gasteiger partial charge in [0.2, 0.25) is 0 Å². The lowest BCUT2D eigenvalue weighted by Crippen LogP contribution is -2.28. The van der Waals surface area contributed by atoms with E-state index in [-0.39, 0.29) is 12.2 Å². The van der Waals surface area contributed by atoms with Crippen molar-refractivity contribution in [2.45, 2.75) is 155 Å². The molecule has 0 radical (unpaired) electrons. The molecule has 6 rings (SSSR count). The Balaban J connectivity index is 1.25. The van der Waals surface area contributed by atoms with Crippen LogP contribution >= 0.6 is 0 Å². The van der Waals surface area contributed by atoms with Crippen molar-refractivity contribution in [2.75, 3.05) is 0 Å². The van der Waals surface area contributed by atoms with Gasteiger partial charge in [-0.3, -0.25) is 0 Å². The predicted molar refractivity (Wildman–Crippen MR) is 219 cm³/mol. The molecule has 2 aliphatic carbocycles. The molecule has 0 bridgehead atoms. The standard InChI is InChI=1S/C48H66N4O/c1-5-9-11-13-37-31-49-47(50-32-37)43-27-23-41(24-28-43)45(39-19-15-35(7-3)16-20-39)53-46(40-21-17-36(8-4)18-22-40)42-25-29-44(30-26-42)48-51-33-38(34-52-48)14-12-10-6-2/h23-36,39-40,45-46H,5-22H2,1-4H3/t35-,36-,39-,40-,45?,46?. The molecule has 2 unspecified atom stereocenters. The number of ether oxygens (including phenoxy) is 1. The van der Waals surface area contributed by atoms with E-state index in [1.165, 1.54) is 125 Å². The largest absolute Gasteiger partial charge is 0.365 e. The Hall–Kier alpha value is -3.44. The van der Waals surface area contributed by atoms with E-state index in [1.807, 2.05) is 24.8 Å². The highest BCUT2D eigenvalue weighted by Gasteiger charge is 2.35. The fourth-order valence-electron chi connectivity index (χ4n) is 8.95. The zero-order valence-corrected chi connectivity index (χ0v) is 33.3. The first-order valence-electron chi connectivity index (χ1n) is 21.6. The highest BCUT2D eigenvalue weighted by Crippen LogP contribution is 2.47. The van der Waals surface area contributed by atoms with E-state index in [9.17, 15) is 0 Å². The van der Waals surface area contributed by atoms with Gasteiger partial charge in [0.05, 0.1) is 12.2 Å². The zero-order valence-electron chi connectivity index (χ0n) is 33.3. The number of nitrogens with zero attached hydrogens (tertiary/aromatic N) is 4. The second-order valence-electron chi connectivity index (χ2n) is 16.3. The smallest absolute Gasteiger partial charge is 0.159 e. The Morgan fingerprint density at radius 2 is 0.849 bits per heavy atom. The maximum absolute atomic E-state index is 7.59. The topological polar surface area (TPSA) is 60.8 Å². The molecule has 4 aromatic rings. The molecular formula is C48H66N4O. The van der Waals surface area contributed by atoms with Crippen molar-refractivity contribution in [1.82, 2.24) is 19.9 Å². The van der Waals surface area contributed by atoms with Gasteiger partial charge in [0, 0.05) is 35.9 Å². The fraction of sp³-hybridized carbons (Fsp3) is 0.583. The van der Waals surface area contributed by atoms with Crippen LogP contribution in [0.15, 0.2) is 73.3 Å². The second kappa shape index (κ2) is 20.3. The molecule has 2 aromatic heterocycles. The molecule has 0 N–H and O–H groups in total. The third-order valence-electron chi connectivity index (χ3n) is 12.6. The van der Waals surface area contributed by atoms with Crippen molar-refractivity contribution < 1.29 is 4.74 Å². The first-order valence-corrected chi connectivity index (χ1v) is 21.6. The fourth-order valence-corrected chi connectivity index (χ4v) is 8.95. The lowest BCUT2D eigenvalue weighted by molar-refractivity contribution is -0.0905. The summed E-state index contributed by atoms with van der Waals surface area (Å²) >= 11 is 0. The summed E-state index contributed by atoms with van der Waals surface area (Å²) < 4.78 is 7.59. The molecule has 2 saturated carbocycles. The lowest BCUT2D eigenvalue weighted by atomic mass is 9.75. The molecular weight excluding hydrogens is 649 g/mol. The molecule has 53 heavy (non-hydrogen) atoms. The van der Waals surface area contributed by atoms with Crippen molar-refractivity contribution in [1.29, 1.82) is 0 Å². The second-order valence-corrected chi connectivity index (χ2v) is 16.3. The van der Waals surface area contributed by atoms with Gasteiger partial charge in [-0.25, -0.2) is 19.9 Å². The lowest BCUT2D eigenvalue weighted by Gasteiger charge is -2.40. The minimum Gasteiger partial charge on any atom is -0.365 e. The van der Waals surface area contributed by atoms with Gasteiger partial charge in [-0.05, 0) is 97.3 Å². The molecule has 2 fully saturated rings. The average molecular weight is 715 g/mol. The van der Waals surface area contributed by atoms with E-state index in [2.05, 4.69) is 76.2 Å². The molecule has 0 amide bonds. The first kappa shape index (κ1) is 39.3. The van der Waals surface area contributed by atoms with E-state index in [4.69, 9.17) is 24.7 Å². The van der Waals surface area contributed by atoms with Gasteiger partial charge >= 0.3 is 0 Å². The number of unbranched alkanes of at least 4 members (excludes halogenated alkanes) is 4. The summed E-state index contributed by atoms with van der Waals surface area (Å²) in [6, 6.07) is 18.1. The van der Waals surface area contributed by atoms with Crippen LogP contribution in [0, 0.1) is 23.7 Å². The Morgan fingerprint density at radius 1 is 0.491 bits per heavy atom. The van der Waals surface area contributed by atoms with E-state index >= 15 is 0 Å². The van der Waals surface area contributed by atoms with Gasteiger partial charge in [0.25, 0.3) is 0 Å². The highest BCUT2D eigenvalue weighted by atomic mass is 16.5. The quantitative estimate of drug-likeness (QED) is 0.0960. The van der Waals surface area contributed by atoms with E-state index in [0.29, 0.717) is 11.8 Å². The Kier molecular flexibility index (Phi) is 15.0. The molecule has 5 heteroatoms. The minimum atomic E-state index is 0.0564. The number of aryl methyl sites for hydroxylation is 2. The normalized spacial score (nSPS) is 21.7. The van der Waals surface area contributed by atoms with Crippen LogP contribution in [0.25, 0.3) is 22.8 Å². The van der Waals surface area contributed by atoms with Gasteiger partial charge in [-0.15, -0.1) is 0 Å². The molecule has 0 spiro atoms. The van der Waals surface area contributed by atoms with Crippen molar-refractivity contribution in [3.05, 3.63) is 95.6 Å². The number of hydrogen-bond acceptors (Lipinski definition) is 5. The third kappa shape index (κ3) is 10.8. The molecule has 2 atom stereocenters. The van der Waals surface area contributed by atoms with Gasteiger partial charge < -0.3 is 4.74 Å². The summed E-state index contributed by atoms with van der Waals surface area (Å²) in [5.41, 5.74) is 7.19. The summed E-state index contributed by atoms with van der Waals surface area (Å²) in [7, 11) is 0. The highest BCUT2D eigenvalue weighted by molar-refractivity contribution is 5.56. The maximum Gasteiger partial charge on any atom is 0.159 e. The van der Waals surface area contributed by atoms with Gasteiger partial charge in [-0.1, -0.05) is 140 Å². The summed E-state index contributed by atoms with van der Waals surface area (Å²) in [6.07, 6.45) is 30.3. The van der Waals surface area contributed by atoms with Crippen LogP contribution < -0.4 is 0 Å². The summed E-state index contributed by atoms with van der Waals surface area (Å²) in [6.45, 7) is 9.21. The van der Waals surface area contributed by atoms with E-state index in [0.717, 1.165) is 47.5 Å². The molecule has 5 nitrogen and oxygen atoms in total. The summed E-state index contributed by atoms with van der Waals surface area (Å²) in [5, 5.41) is 0. The molecule has 2 aliphatic rings.